The first kappa shape index (κ1) is 11.0. The van der Waals surface area contributed by atoms with Gasteiger partial charge in [-0.15, -0.1) is 0 Å². The molecule has 0 saturated carbocycles. The average molecular weight is 185 g/mol. The summed E-state index contributed by atoms with van der Waals surface area (Å²) in [6.07, 6.45) is 1.28. The molecule has 1 saturated heterocycles. The van der Waals surface area contributed by atoms with Gasteiger partial charge in [0.15, 0.2) is 0 Å². The maximum atomic E-state index is 5.67. The van der Waals surface area contributed by atoms with Crippen molar-refractivity contribution in [2.45, 2.75) is 39.7 Å². The van der Waals surface area contributed by atoms with Crippen molar-refractivity contribution in [2.24, 2.45) is 5.92 Å². The number of hydrogen-bond donors (Lipinski definition) is 0. The zero-order chi connectivity index (χ0) is 9.90. The molecule has 0 aliphatic carbocycles. The van der Waals surface area contributed by atoms with E-state index < -0.39 is 0 Å². The molecule has 1 aliphatic rings. The number of morpholine rings is 1. The maximum Gasteiger partial charge on any atom is 0.0753 e. The van der Waals surface area contributed by atoms with Crippen LogP contribution in [0.5, 0.6) is 0 Å². The van der Waals surface area contributed by atoms with Crippen LogP contribution >= 0.6 is 0 Å². The Kier molecular flexibility index (Phi) is 3.74. The van der Waals surface area contributed by atoms with Gasteiger partial charge in [0.1, 0.15) is 0 Å². The summed E-state index contributed by atoms with van der Waals surface area (Å²) in [4.78, 5) is 2.53. The van der Waals surface area contributed by atoms with Gasteiger partial charge in [0.25, 0.3) is 0 Å². The summed E-state index contributed by atoms with van der Waals surface area (Å²) in [6.45, 7) is 13.2. The number of ether oxygens (including phenoxy) is 1. The van der Waals surface area contributed by atoms with Gasteiger partial charge < -0.3 is 4.74 Å². The lowest BCUT2D eigenvalue weighted by Gasteiger charge is -2.39. The van der Waals surface area contributed by atoms with E-state index in [1.165, 1.54) is 13.0 Å². The third-order valence-electron chi connectivity index (χ3n) is 2.77. The first-order valence-electron chi connectivity index (χ1n) is 5.40. The lowest BCUT2D eigenvalue weighted by atomic mass is 10.0. The standard InChI is InChI=1S/C11H23NO/c1-5-10(2)8-12-6-7-13-11(3,4)9-12/h10H,5-9H2,1-4H3/t10-/m0/s1. The number of nitrogens with zero attached hydrogens (tertiary/aromatic N) is 1. The molecule has 1 heterocycles. The molecule has 0 bridgehead atoms. The van der Waals surface area contributed by atoms with E-state index in [9.17, 15) is 0 Å². The molecule has 2 nitrogen and oxygen atoms in total. The third kappa shape index (κ3) is 3.65. The summed E-state index contributed by atoms with van der Waals surface area (Å²) in [5.41, 5.74) is 0.0612. The molecule has 0 spiro atoms. The first-order valence-corrected chi connectivity index (χ1v) is 5.40. The Labute approximate surface area is 82.3 Å². The molecule has 0 unspecified atom stereocenters. The number of hydrogen-bond acceptors (Lipinski definition) is 2. The van der Waals surface area contributed by atoms with Gasteiger partial charge in [0.05, 0.1) is 12.2 Å². The minimum absolute atomic E-state index is 0.0612. The van der Waals surface area contributed by atoms with Gasteiger partial charge in [-0.25, -0.2) is 0 Å². The van der Waals surface area contributed by atoms with Gasteiger partial charge in [-0.1, -0.05) is 20.3 Å². The molecular formula is C11H23NO. The molecular weight excluding hydrogens is 162 g/mol. The second kappa shape index (κ2) is 4.43. The van der Waals surface area contributed by atoms with E-state index in [1.54, 1.807) is 0 Å². The van der Waals surface area contributed by atoms with Gasteiger partial charge in [-0.3, -0.25) is 4.90 Å². The Morgan fingerprint density at radius 2 is 2.15 bits per heavy atom. The quantitative estimate of drug-likeness (QED) is 0.668. The second-order valence-corrected chi connectivity index (χ2v) is 4.86. The fourth-order valence-electron chi connectivity index (χ4n) is 1.84. The van der Waals surface area contributed by atoms with E-state index in [4.69, 9.17) is 4.74 Å². The summed E-state index contributed by atoms with van der Waals surface area (Å²) in [7, 11) is 0. The van der Waals surface area contributed by atoms with Crippen LogP contribution in [0.15, 0.2) is 0 Å². The Hall–Kier alpha value is -0.0800. The normalized spacial score (nSPS) is 25.8. The summed E-state index contributed by atoms with van der Waals surface area (Å²) in [5.74, 6) is 0.814. The van der Waals surface area contributed by atoms with Gasteiger partial charge >= 0.3 is 0 Å². The fourth-order valence-corrected chi connectivity index (χ4v) is 1.84. The molecule has 0 aromatic rings. The summed E-state index contributed by atoms with van der Waals surface area (Å²) in [6, 6.07) is 0. The monoisotopic (exact) mass is 185 g/mol. The van der Waals surface area contributed by atoms with Crippen LogP contribution in [0.25, 0.3) is 0 Å². The summed E-state index contributed by atoms with van der Waals surface area (Å²) >= 11 is 0. The molecule has 13 heavy (non-hydrogen) atoms. The Bertz CT molecular complexity index is 156. The molecule has 1 rings (SSSR count). The Morgan fingerprint density at radius 3 is 2.69 bits per heavy atom. The van der Waals surface area contributed by atoms with Crippen molar-refractivity contribution in [3.8, 4) is 0 Å². The first-order chi connectivity index (χ1) is 6.03. The SMILES string of the molecule is CC[C@H](C)CN1CCOC(C)(C)C1. The highest BCUT2D eigenvalue weighted by atomic mass is 16.5. The van der Waals surface area contributed by atoms with Crippen LogP contribution in [0.2, 0.25) is 0 Å². The predicted molar refractivity (Wildman–Crippen MR) is 55.9 cm³/mol. The van der Waals surface area contributed by atoms with Gasteiger partial charge in [-0.05, 0) is 19.8 Å². The molecule has 2 heteroatoms. The van der Waals surface area contributed by atoms with Crippen LogP contribution in [0, 0.1) is 5.92 Å². The highest BCUT2D eigenvalue weighted by molar-refractivity contribution is 4.79. The molecule has 0 N–H and O–H groups in total. The van der Waals surface area contributed by atoms with Crippen LogP contribution in [-0.2, 0) is 4.74 Å². The predicted octanol–water partition coefficient (Wildman–Crippen LogP) is 2.14. The van der Waals surface area contributed by atoms with Crippen LogP contribution < -0.4 is 0 Å². The smallest absolute Gasteiger partial charge is 0.0753 e. The molecule has 0 aromatic heterocycles. The van der Waals surface area contributed by atoms with E-state index >= 15 is 0 Å². The fraction of sp³-hybridized carbons (Fsp3) is 1.00. The van der Waals surface area contributed by atoms with E-state index in [2.05, 4.69) is 32.6 Å². The van der Waals surface area contributed by atoms with Crippen molar-refractivity contribution in [1.29, 1.82) is 0 Å². The highest BCUT2D eigenvalue weighted by Crippen LogP contribution is 2.17. The van der Waals surface area contributed by atoms with Gasteiger partial charge in [0.2, 0.25) is 0 Å². The molecule has 1 fully saturated rings. The third-order valence-corrected chi connectivity index (χ3v) is 2.77. The van der Waals surface area contributed by atoms with Crippen LogP contribution in [-0.4, -0.2) is 36.7 Å². The number of rotatable bonds is 3. The molecule has 1 atom stereocenters. The second-order valence-electron chi connectivity index (χ2n) is 4.86. The van der Waals surface area contributed by atoms with E-state index in [0.29, 0.717) is 0 Å². The largest absolute Gasteiger partial charge is 0.373 e. The zero-order valence-electron chi connectivity index (χ0n) is 9.47. The molecule has 0 aromatic carbocycles. The van der Waals surface area contributed by atoms with Crippen molar-refractivity contribution in [3.05, 3.63) is 0 Å². The van der Waals surface area contributed by atoms with Crippen molar-refractivity contribution in [1.82, 2.24) is 4.90 Å². The van der Waals surface area contributed by atoms with Crippen molar-refractivity contribution >= 4 is 0 Å². The minimum Gasteiger partial charge on any atom is -0.373 e. The summed E-state index contributed by atoms with van der Waals surface area (Å²) in [5, 5.41) is 0. The van der Waals surface area contributed by atoms with Crippen molar-refractivity contribution in [3.63, 3.8) is 0 Å². The maximum absolute atomic E-state index is 5.67. The lowest BCUT2D eigenvalue weighted by molar-refractivity contribution is -0.0885. The van der Waals surface area contributed by atoms with Crippen LogP contribution in [0.1, 0.15) is 34.1 Å². The zero-order valence-corrected chi connectivity index (χ0v) is 9.47. The van der Waals surface area contributed by atoms with E-state index in [0.717, 1.165) is 25.6 Å². The molecule has 0 amide bonds. The minimum atomic E-state index is 0.0612. The van der Waals surface area contributed by atoms with E-state index in [1.807, 2.05) is 0 Å². The summed E-state index contributed by atoms with van der Waals surface area (Å²) < 4.78 is 5.67. The van der Waals surface area contributed by atoms with E-state index in [-0.39, 0.29) is 5.60 Å². The van der Waals surface area contributed by atoms with Crippen molar-refractivity contribution in [2.75, 3.05) is 26.2 Å². The molecule has 78 valence electrons. The molecule has 1 aliphatic heterocycles. The lowest BCUT2D eigenvalue weighted by Crippen LogP contribution is -2.49. The topological polar surface area (TPSA) is 12.5 Å². The van der Waals surface area contributed by atoms with Gasteiger partial charge in [-0.2, -0.15) is 0 Å². The highest BCUT2D eigenvalue weighted by Gasteiger charge is 2.27. The van der Waals surface area contributed by atoms with Crippen molar-refractivity contribution < 1.29 is 4.74 Å². The van der Waals surface area contributed by atoms with Gasteiger partial charge in [0, 0.05) is 19.6 Å². The average Bonchev–Trinajstić information content (AvgIpc) is 2.02. The molecule has 0 radical (unpaired) electrons. The van der Waals surface area contributed by atoms with Crippen LogP contribution in [0.4, 0.5) is 0 Å². The Morgan fingerprint density at radius 1 is 1.46 bits per heavy atom. The Balaban J connectivity index is 2.34. The van der Waals surface area contributed by atoms with Crippen LogP contribution in [0.3, 0.4) is 0 Å².